The molecule has 1 aliphatic heterocycles. The fraction of sp³-hybridized carbons (Fsp3) is 0.556. The number of fused-ring (bicyclic) bond motifs is 1. The minimum Gasteiger partial charge on any atom is -0.394 e. The number of nitrogens with two attached hydrogens (primary N) is 1. The van der Waals surface area contributed by atoms with Gasteiger partial charge in [0.25, 0.3) is 12.0 Å². The number of aromatic nitrogens is 2. The minimum atomic E-state index is -1.71. The van der Waals surface area contributed by atoms with Crippen LogP contribution in [0.3, 0.4) is 0 Å². The summed E-state index contributed by atoms with van der Waals surface area (Å²) in [5.41, 5.74) is 4.75. The van der Waals surface area contributed by atoms with Gasteiger partial charge in [-0.05, 0) is 0 Å². The molecule has 10 heteroatoms. The zero-order valence-electron chi connectivity index (χ0n) is 9.84. The quantitative estimate of drug-likeness (QED) is 0.395. The SMILES string of the molecule is Nc1nc2c(c(=O)[nH]1)NC(F)N2COC(CO)CO. The van der Waals surface area contributed by atoms with E-state index in [9.17, 15) is 9.18 Å². The molecule has 1 aromatic rings. The molecule has 0 bridgehead atoms. The van der Waals surface area contributed by atoms with Gasteiger partial charge in [0.05, 0.1) is 13.2 Å². The van der Waals surface area contributed by atoms with Gasteiger partial charge in [0, 0.05) is 0 Å². The minimum absolute atomic E-state index is 0.0170. The normalized spacial score (nSPS) is 17.7. The predicted octanol–water partition coefficient (Wildman–Crippen LogP) is -1.84. The van der Waals surface area contributed by atoms with Crippen LogP contribution in [-0.2, 0) is 4.74 Å². The molecule has 0 fully saturated rings. The maximum absolute atomic E-state index is 13.7. The number of hydrogen-bond donors (Lipinski definition) is 5. The Balaban J connectivity index is 2.18. The number of H-pyrrole nitrogens is 1. The van der Waals surface area contributed by atoms with E-state index >= 15 is 0 Å². The summed E-state index contributed by atoms with van der Waals surface area (Å²) in [6, 6.07) is 0. The number of nitrogens with zero attached hydrogens (tertiary/aromatic N) is 2. The molecular formula is C9H14FN5O4. The number of rotatable bonds is 5. The summed E-state index contributed by atoms with van der Waals surface area (Å²) < 4.78 is 18.8. The average Bonchev–Trinajstić information content (AvgIpc) is 2.68. The molecule has 9 nitrogen and oxygen atoms in total. The van der Waals surface area contributed by atoms with Gasteiger partial charge in [0.2, 0.25) is 5.95 Å². The number of aliphatic hydroxyl groups excluding tert-OH is 2. The summed E-state index contributed by atoms with van der Waals surface area (Å²) in [6.45, 7) is -1.12. The first kappa shape index (κ1) is 13.5. The van der Waals surface area contributed by atoms with Gasteiger partial charge in [0.1, 0.15) is 18.5 Å². The van der Waals surface area contributed by atoms with Crippen LogP contribution in [-0.4, -0.2) is 52.6 Å². The van der Waals surface area contributed by atoms with Gasteiger partial charge in [-0.25, -0.2) is 0 Å². The van der Waals surface area contributed by atoms with Crippen molar-refractivity contribution < 1.29 is 19.3 Å². The molecule has 0 saturated carbocycles. The Morgan fingerprint density at radius 2 is 2.21 bits per heavy atom. The van der Waals surface area contributed by atoms with Gasteiger partial charge < -0.3 is 26.0 Å². The molecule has 106 valence electrons. The van der Waals surface area contributed by atoms with Crippen molar-refractivity contribution in [1.29, 1.82) is 0 Å². The summed E-state index contributed by atoms with van der Waals surface area (Å²) in [7, 11) is 0. The summed E-state index contributed by atoms with van der Waals surface area (Å²) >= 11 is 0. The number of hydrogen-bond acceptors (Lipinski definition) is 8. The lowest BCUT2D eigenvalue weighted by molar-refractivity contribution is -0.0229. The third-order valence-corrected chi connectivity index (χ3v) is 2.58. The Bertz CT molecular complexity index is 506. The molecule has 6 N–H and O–H groups in total. The van der Waals surface area contributed by atoms with Crippen LogP contribution in [0.5, 0.6) is 0 Å². The highest BCUT2D eigenvalue weighted by Crippen LogP contribution is 2.30. The van der Waals surface area contributed by atoms with Crippen LogP contribution in [0.2, 0.25) is 0 Å². The molecule has 2 heterocycles. The average molecular weight is 275 g/mol. The van der Waals surface area contributed by atoms with Crippen molar-refractivity contribution in [1.82, 2.24) is 9.97 Å². The van der Waals surface area contributed by atoms with E-state index in [2.05, 4.69) is 15.3 Å². The highest BCUT2D eigenvalue weighted by atomic mass is 19.1. The smallest absolute Gasteiger partial charge is 0.278 e. The van der Waals surface area contributed by atoms with Crippen molar-refractivity contribution in [3.05, 3.63) is 10.4 Å². The molecule has 1 atom stereocenters. The van der Waals surface area contributed by atoms with Crippen molar-refractivity contribution in [2.45, 2.75) is 12.5 Å². The van der Waals surface area contributed by atoms with Crippen LogP contribution in [0, 0.1) is 0 Å². The molecule has 2 rings (SSSR count). The lowest BCUT2D eigenvalue weighted by Gasteiger charge is -2.22. The van der Waals surface area contributed by atoms with Gasteiger partial charge in [0.15, 0.2) is 5.82 Å². The third-order valence-electron chi connectivity index (χ3n) is 2.58. The number of nitrogens with one attached hydrogen (secondary N) is 2. The molecule has 0 aliphatic carbocycles. The molecule has 0 saturated heterocycles. The van der Waals surface area contributed by atoms with E-state index in [4.69, 9.17) is 20.7 Å². The number of halogens is 1. The van der Waals surface area contributed by atoms with E-state index in [1.165, 1.54) is 0 Å². The van der Waals surface area contributed by atoms with Crippen LogP contribution >= 0.6 is 0 Å². The Kier molecular flexibility index (Phi) is 3.83. The predicted molar refractivity (Wildman–Crippen MR) is 64.2 cm³/mol. The van der Waals surface area contributed by atoms with E-state index in [0.717, 1.165) is 4.90 Å². The number of aromatic amines is 1. The summed E-state index contributed by atoms with van der Waals surface area (Å²) in [5.74, 6) is -0.131. The van der Waals surface area contributed by atoms with Crippen molar-refractivity contribution in [2.24, 2.45) is 0 Å². The highest BCUT2D eigenvalue weighted by molar-refractivity contribution is 5.71. The number of nitrogen functional groups attached to an aromatic ring is 1. The molecule has 0 amide bonds. The maximum Gasteiger partial charge on any atom is 0.278 e. The molecule has 0 aromatic carbocycles. The fourth-order valence-corrected chi connectivity index (χ4v) is 1.60. The van der Waals surface area contributed by atoms with Crippen LogP contribution in [0.1, 0.15) is 0 Å². The second-order valence-electron chi connectivity index (χ2n) is 3.88. The molecule has 1 aliphatic rings. The number of aliphatic hydroxyl groups is 2. The first-order valence-electron chi connectivity index (χ1n) is 5.47. The van der Waals surface area contributed by atoms with Crippen LogP contribution < -0.4 is 21.5 Å². The molecule has 1 aromatic heterocycles. The molecule has 0 radical (unpaired) electrons. The second-order valence-corrected chi connectivity index (χ2v) is 3.88. The summed E-state index contributed by atoms with van der Waals surface area (Å²) in [4.78, 5) is 18.6. The molecular weight excluding hydrogens is 261 g/mol. The van der Waals surface area contributed by atoms with E-state index in [1.54, 1.807) is 0 Å². The van der Waals surface area contributed by atoms with Gasteiger partial charge in [-0.3, -0.25) is 14.7 Å². The molecule has 19 heavy (non-hydrogen) atoms. The van der Waals surface area contributed by atoms with Gasteiger partial charge in [-0.2, -0.15) is 9.37 Å². The first-order chi connectivity index (χ1) is 9.06. The lowest BCUT2D eigenvalue weighted by Crippen LogP contribution is -2.37. The number of alkyl halides is 1. The zero-order valence-corrected chi connectivity index (χ0v) is 9.84. The van der Waals surface area contributed by atoms with Gasteiger partial charge in [-0.1, -0.05) is 0 Å². The Hall–Kier alpha value is -1.91. The van der Waals surface area contributed by atoms with Crippen molar-refractivity contribution in [2.75, 3.05) is 35.9 Å². The van der Waals surface area contributed by atoms with E-state index < -0.39 is 31.3 Å². The largest absolute Gasteiger partial charge is 0.394 e. The van der Waals surface area contributed by atoms with E-state index in [0.29, 0.717) is 0 Å². The summed E-state index contributed by atoms with van der Waals surface area (Å²) in [5, 5.41) is 20.0. The van der Waals surface area contributed by atoms with E-state index in [1.807, 2.05) is 0 Å². The highest BCUT2D eigenvalue weighted by Gasteiger charge is 2.33. The van der Waals surface area contributed by atoms with Gasteiger partial charge in [-0.15, -0.1) is 0 Å². The van der Waals surface area contributed by atoms with Crippen LogP contribution in [0.15, 0.2) is 4.79 Å². The number of anilines is 3. The van der Waals surface area contributed by atoms with Crippen molar-refractivity contribution >= 4 is 17.5 Å². The molecule has 0 spiro atoms. The topological polar surface area (TPSA) is 137 Å². The van der Waals surface area contributed by atoms with Crippen molar-refractivity contribution in [3.63, 3.8) is 0 Å². The fourth-order valence-electron chi connectivity index (χ4n) is 1.60. The Morgan fingerprint density at radius 1 is 1.53 bits per heavy atom. The Morgan fingerprint density at radius 3 is 2.84 bits per heavy atom. The zero-order chi connectivity index (χ0) is 14.0. The van der Waals surface area contributed by atoms with E-state index in [-0.39, 0.29) is 24.2 Å². The first-order valence-corrected chi connectivity index (χ1v) is 5.47. The molecule has 1 unspecified atom stereocenters. The lowest BCUT2D eigenvalue weighted by atomic mass is 10.4. The number of ether oxygens (including phenoxy) is 1. The maximum atomic E-state index is 13.7. The summed E-state index contributed by atoms with van der Waals surface area (Å²) in [6.07, 6.45) is -2.54. The van der Waals surface area contributed by atoms with Crippen LogP contribution in [0.4, 0.5) is 21.8 Å². The van der Waals surface area contributed by atoms with Gasteiger partial charge >= 0.3 is 0 Å². The standard InChI is InChI=1S/C9H14FN5O4/c10-8-12-5-6(13-9(11)14-7(5)18)15(8)3-19-4(1-16)2-17/h4,8,12,16-17H,1-3H2,(H3,11,13,14,18). The Labute approximate surface area is 106 Å². The third kappa shape index (κ3) is 2.59. The van der Waals surface area contributed by atoms with Crippen molar-refractivity contribution in [3.8, 4) is 0 Å². The monoisotopic (exact) mass is 275 g/mol. The second kappa shape index (κ2) is 5.38. The van der Waals surface area contributed by atoms with Crippen LogP contribution in [0.25, 0.3) is 0 Å².